The van der Waals surface area contributed by atoms with E-state index in [9.17, 15) is 0 Å². The lowest BCUT2D eigenvalue weighted by atomic mass is 10.1. The minimum absolute atomic E-state index is 0.207. The van der Waals surface area contributed by atoms with E-state index in [-0.39, 0.29) is 6.04 Å². The number of nitrogens with zero attached hydrogens (tertiary/aromatic N) is 2. The van der Waals surface area contributed by atoms with E-state index >= 15 is 0 Å². The first-order chi connectivity index (χ1) is 9.02. The number of nitrogen functional groups attached to an aromatic ring is 1. The van der Waals surface area contributed by atoms with Crippen LogP contribution in [0.2, 0.25) is 0 Å². The van der Waals surface area contributed by atoms with E-state index < -0.39 is 0 Å². The summed E-state index contributed by atoms with van der Waals surface area (Å²) in [5, 5.41) is 4.46. The van der Waals surface area contributed by atoms with E-state index in [1.54, 1.807) is 7.11 Å². The van der Waals surface area contributed by atoms with E-state index in [1.165, 1.54) is 5.56 Å². The molecule has 0 saturated heterocycles. The van der Waals surface area contributed by atoms with Gasteiger partial charge in [-0.1, -0.05) is 12.1 Å². The van der Waals surface area contributed by atoms with E-state index in [4.69, 9.17) is 10.5 Å². The van der Waals surface area contributed by atoms with Crippen molar-refractivity contribution in [2.24, 2.45) is 0 Å². The molecule has 5 heteroatoms. The number of ether oxygens (including phenoxy) is 1. The van der Waals surface area contributed by atoms with Crippen molar-refractivity contribution < 1.29 is 4.74 Å². The number of nitrogens with two attached hydrogens (primary N) is 1. The Kier molecular flexibility index (Phi) is 4.14. The number of rotatable bonds is 4. The summed E-state index contributed by atoms with van der Waals surface area (Å²) in [5.41, 5.74) is 8.19. The molecule has 1 atom stereocenters. The number of hydrogen-bond donors (Lipinski definition) is 1. The minimum atomic E-state index is 0.207. The number of methoxy groups -OCH3 is 1. The Labute approximate surface area is 121 Å². The van der Waals surface area contributed by atoms with Gasteiger partial charge in [0.25, 0.3) is 0 Å². The van der Waals surface area contributed by atoms with Crippen molar-refractivity contribution in [3.8, 4) is 5.75 Å². The van der Waals surface area contributed by atoms with E-state index in [2.05, 4.69) is 40.1 Å². The van der Waals surface area contributed by atoms with Crippen LogP contribution in [0.4, 0.5) is 5.82 Å². The standard InChI is InChI=1S/C14H18BrN3O/c1-9(18-14(16)13(15)10(2)17-18)8-11-4-6-12(19-3)7-5-11/h4-7,9H,8,16H2,1-3H3. The Morgan fingerprint density at radius 1 is 1.37 bits per heavy atom. The molecule has 2 N–H and O–H groups in total. The van der Waals surface area contributed by atoms with Gasteiger partial charge in [-0.3, -0.25) is 0 Å². The number of aryl methyl sites for hydroxylation is 1. The fraction of sp³-hybridized carbons (Fsp3) is 0.357. The van der Waals surface area contributed by atoms with Crippen molar-refractivity contribution in [1.82, 2.24) is 9.78 Å². The van der Waals surface area contributed by atoms with Gasteiger partial charge in [0.05, 0.1) is 23.3 Å². The topological polar surface area (TPSA) is 53.1 Å². The van der Waals surface area contributed by atoms with Crippen LogP contribution in [0.1, 0.15) is 24.2 Å². The Bertz CT molecular complexity index is 563. The van der Waals surface area contributed by atoms with Crippen molar-refractivity contribution in [3.63, 3.8) is 0 Å². The maximum atomic E-state index is 6.04. The number of benzene rings is 1. The molecule has 0 spiro atoms. The van der Waals surface area contributed by atoms with Gasteiger partial charge in [0.15, 0.2) is 0 Å². The zero-order valence-corrected chi connectivity index (χ0v) is 12.9. The Hall–Kier alpha value is -1.49. The van der Waals surface area contributed by atoms with Crippen molar-refractivity contribution in [2.75, 3.05) is 12.8 Å². The second-order valence-electron chi connectivity index (χ2n) is 4.63. The van der Waals surface area contributed by atoms with E-state index in [0.717, 1.165) is 22.3 Å². The summed E-state index contributed by atoms with van der Waals surface area (Å²) in [6, 6.07) is 8.28. The third-order valence-corrected chi connectivity index (χ3v) is 4.13. The monoisotopic (exact) mass is 323 g/mol. The first kappa shape index (κ1) is 13.9. The Morgan fingerprint density at radius 2 is 2.00 bits per heavy atom. The van der Waals surface area contributed by atoms with Crippen molar-refractivity contribution in [2.45, 2.75) is 26.3 Å². The predicted molar refractivity (Wildman–Crippen MR) is 80.5 cm³/mol. The SMILES string of the molecule is COc1ccc(CC(C)n2nc(C)c(Br)c2N)cc1. The maximum Gasteiger partial charge on any atom is 0.136 e. The number of aromatic nitrogens is 2. The van der Waals surface area contributed by atoms with Crippen LogP contribution in [-0.4, -0.2) is 16.9 Å². The van der Waals surface area contributed by atoms with Crippen LogP contribution in [0.5, 0.6) is 5.75 Å². The average molecular weight is 324 g/mol. The molecule has 0 saturated carbocycles. The first-order valence-corrected chi connectivity index (χ1v) is 6.95. The first-order valence-electron chi connectivity index (χ1n) is 6.16. The molecule has 0 aliphatic heterocycles. The summed E-state index contributed by atoms with van der Waals surface area (Å²) < 4.78 is 7.90. The highest BCUT2D eigenvalue weighted by atomic mass is 79.9. The highest BCUT2D eigenvalue weighted by Gasteiger charge is 2.15. The van der Waals surface area contributed by atoms with Crippen LogP contribution in [0, 0.1) is 6.92 Å². The lowest BCUT2D eigenvalue weighted by Gasteiger charge is -2.14. The van der Waals surface area contributed by atoms with Crippen LogP contribution in [-0.2, 0) is 6.42 Å². The summed E-state index contributed by atoms with van der Waals surface area (Å²) in [7, 11) is 1.67. The Balaban J connectivity index is 2.15. The molecule has 0 aliphatic rings. The zero-order chi connectivity index (χ0) is 14.0. The molecule has 1 aromatic heterocycles. The van der Waals surface area contributed by atoms with Gasteiger partial charge in [-0.15, -0.1) is 0 Å². The van der Waals surface area contributed by atoms with Gasteiger partial charge in [0, 0.05) is 0 Å². The third kappa shape index (κ3) is 2.92. The normalized spacial score (nSPS) is 12.4. The second-order valence-corrected chi connectivity index (χ2v) is 5.42. The summed E-state index contributed by atoms with van der Waals surface area (Å²) in [5.74, 6) is 1.55. The third-order valence-electron chi connectivity index (χ3n) is 3.15. The molecule has 0 amide bonds. The fourth-order valence-electron chi connectivity index (χ4n) is 2.07. The van der Waals surface area contributed by atoms with Crippen molar-refractivity contribution in [1.29, 1.82) is 0 Å². The maximum absolute atomic E-state index is 6.04. The van der Waals surface area contributed by atoms with Crippen molar-refractivity contribution >= 4 is 21.7 Å². The summed E-state index contributed by atoms with van der Waals surface area (Å²) in [6.45, 7) is 4.05. The van der Waals surface area contributed by atoms with Gasteiger partial charge in [-0.25, -0.2) is 4.68 Å². The average Bonchev–Trinajstić information content (AvgIpc) is 2.67. The van der Waals surface area contributed by atoms with Gasteiger partial charge >= 0.3 is 0 Å². The van der Waals surface area contributed by atoms with Gasteiger partial charge in [0.2, 0.25) is 0 Å². The molecule has 19 heavy (non-hydrogen) atoms. The molecular weight excluding hydrogens is 306 g/mol. The zero-order valence-electron chi connectivity index (χ0n) is 11.4. The number of hydrogen-bond acceptors (Lipinski definition) is 3. The largest absolute Gasteiger partial charge is 0.497 e. The van der Waals surface area contributed by atoms with Gasteiger partial charge in [-0.05, 0) is 53.9 Å². The summed E-state index contributed by atoms with van der Waals surface area (Å²) in [6.07, 6.45) is 0.877. The highest BCUT2D eigenvalue weighted by molar-refractivity contribution is 9.10. The highest BCUT2D eigenvalue weighted by Crippen LogP contribution is 2.27. The van der Waals surface area contributed by atoms with Crippen LogP contribution >= 0.6 is 15.9 Å². The molecule has 0 radical (unpaired) electrons. The summed E-state index contributed by atoms with van der Waals surface area (Å²) >= 11 is 3.45. The second kappa shape index (κ2) is 5.65. The molecule has 0 aliphatic carbocycles. The molecule has 0 bridgehead atoms. The minimum Gasteiger partial charge on any atom is -0.497 e. The van der Waals surface area contributed by atoms with Crippen LogP contribution < -0.4 is 10.5 Å². The van der Waals surface area contributed by atoms with E-state index in [0.29, 0.717) is 5.82 Å². The summed E-state index contributed by atoms with van der Waals surface area (Å²) in [4.78, 5) is 0. The molecule has 4 nitrogen and oxygen atoms in total. The quantitative estimate of drug-likeness (QED) is 0.938. The molecule has 0 fully saturated rings. The molecular formula is C14H18BrN3O. The molecule has 102 valence electrons. The molecule has 1 unspecified atom stereocenters. The van der Waals surface area contributed by atoms with Gasteiger partial charge < -0.3 is 10.5 Å². The smallest absolute Gasteiger partial charge is 0.136 e. The van der Waals surface area contributed by atoms with E-state index in [1.807, 2.05) is 23.7 Å². The lowest BCUT2D eigenvalue weighted by molar-refractivity contribution is 0.414. The van der Waals surface area contributed by atoms with Gasteiger partial charge in [-0.2, -0.15) is 5.10 Å². The number of anilines is 1. The fourth-order valence-corrected chi connectivity index (χ4v) is 2.33. The molecule has 2 rings (SSSR count). The number of halogens is 1. The Morgan fingerprint density at radius 3 is 2.47 bits per heavy atom. The lowest BCUT2D eigenvalue weighted by Crippen LogP contribution is -2.12. The molecule has 2 aromatic rings. The molecule has 1 aromatic carbocycles. The van der Waals surface area contributed by atoms with Gasteiger partial charge in [0.1, 0.15) is 11.6 Å². The van der Waals surface area contributed by atoms with Crippen LogP contribution in [0.3, 0.4) is 0 Å². The molecule has 1 heterocycles. The van der Waals surface area contributed by atoms with Crippen molar-refractivity contribution in [3.05, 3.63) is 40.0 Å². The van der Waals surface area contributed by atoms with Crippen LogP contribution in [0.15, 0.2) is 28.7 Å². The van der Waals surface area contributed by atoms with Crippen LogP contribution in [0.25, 0.3) is 0 Å². The predicted octanol–water partition coefficient (Wildman–Crippen LogP) is 3.35.